The molecule has 9 heteroatoms. The van der Waals surface area contributed by atoms with Crippen LogP contribution in [0.4, 0.5) is 0 Å². The molecular weight excluding hydrogens is 448 g/mol. The largest absolute Gasteiger partial charge is 0.454 e. The summed E-state index contributed by atoms with van der Waals surface area (Å²) >= 11 is 0. The summed E-state index contributed by atoms with van der Waals surface area (Å²) in [4.78, 5) is 21.5. The third-order valence-electron chi connectivity index (χ3n) is 6.05. The lowest BCUT2D eigenvalue weighted by molar-refractivity contribution is 0.0383. The zero-order valence-corrected chi connectivity index (χ0v) is 19.7. The number of rotatable bonds is 10. The summed E-state index contributed by atoms with van der Waals surface area (Å²) in [6.07, 6.45) is 1.43. The van der Waals surface area contributed by atoms with Crippen LogP contribution in [0.3, 0.4) is 0 Å². The van der Waals surface area contributed by atoms with E-state index in [1.165, 1.54) is 11.8 Å². The average molecular weight is 479 g/mol. The van der Waals surface area contributed by atoms with E-state index in [4.69, 9.17) is 18.6 Å². The van der Waals surface area contributed by atoms with Gasteiger partial charge in [0.1, 0.15) is 6.26 Å². The van der Waals surface area contributed by atoms with Crippen molar-refractivity contribution < 1.29 is 23.4 Å². The normalized spacial score (nSPS) is 15.5. The Balaban J connectivity index is 1.21. The number of amides is 1. The molecule has 1 fully saturated rings. The van der Waals surface area contributed by atoms with Crippen molar-refractivity contribution in [1.82, 2.24) is 20.1 Å². The van der Waals surface area contributed by atoms with Crippen LogP contribution in [0.2, 0.25) is 0 Å². The molecule has 9 nitrogen and oxygen atoms in total. The van der Waals surface area contributed by atoms with Crippen LogP contribution in [-0.2, 0) is 24.4 Å². The lowest BCUT2D eigenvalue weighted by atomic mass is 10.1. The number of benzene rings is 2. The van der Waals surface area contributed by atoms with Crippen LogP contribution in [0.5, 0.6) is 11.5 Å². The average Bonchev–Trinajstić information content (AvgIpc) is 3.55. The summed E-state index contributed by atoms with van der Waals surface area (Å²) in [7, 11) is 0. The minimum Gasteiger partial charge on any atom is -0.454 e. The van der Waals surface area contributed by atoms with E-state index >= 15 is 0 Å². The molecule has 0 bridgehead atoms. The highest BCUT2D eigenvalue weighted by Gasteiger charge is 2.18. The van der Waals surface area contributed by atoms with Crippen molar-refractivity contribution in [2.24, 2.45) is 0 Å². The van der Waals surface area contributed by atoms with Crippen LogP contribution < -0.4 is 14.8 Å². The quantitative estimate of drug-likeness (QED) is 0.476. The second kappa shape index (κ2) is 11.4. The number of ether oxygens (including phenoxy) is 3. The molecule has 3 aromatic rings. The van der Waals surface area contributed by atoms with E-state index in [0.29, 0.717) is 37.8 Å². The van der Waals surface area contributed by atoms with Crippen molar-refractivity contribution >= 4 is 5.91 Å². The van der Waals surface area contributed by atoms with Crippen molar-refractivity contribution in [3.05, 3.63) is 77.5 Å². The molecule has 35 heavy (non-hydrogen) atoms. The molecule has 184 valence electrons. The first-order valence-corrected chi connectivity index (χ1v) is 11.9. The Labute approximate surface area is 204 Å². The Kier molecular flexibility index (Phi) is 7.57. The molecule has 2 aliphatic heterocycles. The van der Waals surface area contributed by atoms with Gasteiger partial charge >= 0.3 is 0 Å². The second-order valence-corrected chi connectivity index (χ2v) is 8.65. The minimum absolute atomic E-state index is 0.223. The van der Waals surface area contributed by atoms with E-state index < -0.39 is 0 Å². The Hall–Kier alpha value is -3.40. The van der Waals surface area contributed by atoms with Gasteiger partial charge in [0.05, 0.1) is 19.8 Å². The highest BCUT2D eigenvalue weighted by Crippen LogP contribution is 2.33. The van der Waals surface area contributed by atoms with Gasteiger partial charge in [-0.05, 0) is 23.3 Å². The Morgan fingerprint density at radius 1 is 0.971 bits per heavy atom. The van der Waals surface area contributed by atoms with E-state index in [9.17, 15) is 4.79 Å². The fraction of sp³-hybridized carbons (Fsp3) is 0.385. The van der Waals surface area contributed by atoms with Crippen molar-refractivity contribution in [3.63, 3.8) is 0 Å². The molecule has 0 saturated carbocycles. The van der Waals surface area contributed by atoms with Gasteiger partial charge in [-0.15, -0.1) is 0 Å². The van der Waals surface area contributed by atoms with Gasteiger partial charge in [0.2, 0.25) is 12.7 Å². The number of carbonyl (C=O) groups is 1. The maximum absolute atomic E-state index is 12.6. The number of oxazole rings is 1. The predicted molar refractivity (Wildman–Crippen MR) is 128 cm³/mol. The van der Waals surface area contributed by atoms with E-state index in [1.807, 2.05) is 36.4 Å². The number of fused-ring (bicyclic) bond motifs is 1. The van der Waals surface area contributed by atoms with E-state index in [1.54, 1.807) is 0 Å². The zero-order chi connectivity index (χ0) is 23.9. The maximum atomic E-state index is 12.6. The molecule has 1 aromatic heterocycles. The number of nitrogens with one attached hydrogen (secondary N) is 1. The second-order valence-electron chi connectivity index (χ2n) is 8.65. The maximum Gasteiger partial charge on any atom is 0.273 e. The summed E-state index contributed by atoms with van der Waals surface area (Å²) < 4.78 is 22.0. The summed E-state index contributed by atoms with van der Waals surface area (Å²) in [6.45, 7) is 6.71. The van der Waals surface area contributed by atoms with Crippen molar-refractivity contribution in [2.75, 3.05) is 46.2 Å². The first-order chi connectivity index (χ1) is 17.2. The molecular formula is C26H30N4O5. The molecule has 0 unspecified atom stereocenters. The Bertz CT molecular complexity index is 1110. The third-order valence-corrected chi connectivity index (χ3v) is 6.05. The number of nitrogens with zero attached hydrogens (tertiary/aromatic N) is 3. The van der Waals surface area contributed by atoms with E-state index in [0.717, 1.165) is 49.9 Å². The highest BCUT2D eigenvalue weighted by molar-refractivity contribution is 5.91. The van der Waals surface area contributed by atoms with Gasteiger partial charge in [0.25, 0.3) is 5.91 Å². The van der Waals surface area contributed by atoms with Crippen LogP contribution in [-0.4, -0.2) is 66.9 Å². The van der Waals surface area contributed by atoms with E-state index in [-0.39, 0.29) is 12.7 Å². The summed E-state index contributed by atoms with van der Waals surface area (Å²) in [5, 5.41) is 2.93. The predicted octanol–water partition coefficient (Wildman–Crippen LogP) is 2.67. The molecule has 1 amide bonds. The van der Waals surface area contributed by atoms with Crippen LogP contribution in [0, 0.1) is 0 Å². The smallest absolute Gasteiger partial charge is 0.273 e. The SMILES string of the molecule is O=C(NCCN1CCOCC1)c1coc(CN(Cc2ccccc2)Cc2ccc3c(c2)OCO3)n1. The molecule has 1 saturated heterocycles. The standard InChI is InChI=1S/C26H30N4O5/c31-26(27-8-9-29-10-12-32-13-11-29)22-18-33-25(28-22)17-30(15-20-4-2-1-3-5-20)16-21-6-7-23-24(14-21)35-19-34-23/h1-7,14,18H,8-13,15-17,19H2,(H,27,31). The topological polar surface area (TPSA) is 89.3 Å². The van der Waals surface area contributed by atoms with E-state index in [2.05, 4.69) is 32.2 Å². The Morgan fingerprint density at radius 2 is 1.77 bits per heavy atom. The highest BCUT2D eigenvalue weighted by atomic mass is 16.7. The fourth-order valence-corrected chi connectivity index (χ4v) is 4.23. The molecule has 3 heterocycles. The van der Waals surface area contributed by atoms with Gasteiger partial charge in [0.15, 0.2) is 17.2 Å². The molecule has 2 aliphatic rings. The van der Waals surface area contributed by atoms with Crippen LogP contribution in [0.15, 0.2) is 59.2 Å². The number of morpholine rings is 1. The van der Waals surface area contributed by atoms with Crippen LogP contribution in [0.1, 0.15) is 27.5 Å². The molecule has 0 radical (unpaired) electrons. The van der Waals surface area contributed by atoms with Crippen LogP contribution in [0.25, 0.3) is 0 Å². The monoisotopic (exact) mass is 478 g/mol. The molecule has 0 aliphatic carbocycles. The van der Waals surface area contributed by atoms with Gasteiger partial charge in [-0.25, -0.2) is 4.98 Å². The van der Waals surface area contributed by atoms with Crippen molar-refractivity contribution in [3.8, 4) is 11.5 Å². The number of hydrogen-bond acceptors (Lipinski definition) is 8. The third kappa shape index (κ3) is 6.39. The lowest BCUT2D eigenvalue weighted by Crippen LogP contribution is -2.41. The van der Waals surface area contributed by atoms with Crippen LogP contribution >= 0.6 is 0 Å². The molecule has 0 spiro atoms. The first kappa shape index (κ1) is 23.3. The fourth-order valence-electron chi connectivity index (χ4n) is 4.23. The van der Waals surface area contributed by atoms with Gasteiger partial charge in [0, 0.05) is 39.3 Å². The molecule has 0 atom stereocenters. The van der Waals surface area contributed by atoms with Crippen molar-refractivity contribution in [2.45, 2.75) is 19.6 Å². The van der Waals surface area contributed by atoms with Gasteiger partial charge in [-0.2, -0.15) is 0 Å². The molecule has 1 N–H and O–H groups in total. The molecule has 5 rings (SSSR count). The summed E-state index contributed by atoms with van der Waals surface area (Å²) in [6, 6.07) is 16.2. The van der Waals surface area contributed by atoms with Crippen molar-refractivity contribution in [1.29, 1.82) is 0 Å². The zero-order valence-electron chi connectivity index (χ0n) is 19.7. The lowest BCUT2D eigenvalue weighted by Gasteiger charge is -2.26. The van der Waals surface area contributed by atoms with Gasteiger partial charge < -0.3 is 23.9 Å². The first-order valence-electron chi connectivity index (χ1n) is 11.9. The molecule has 2 aromatic carbocycles. The summed E-state index contributed by atoms with van der Waals surface area (Å²) in [5.41, 5.74) is 2.57. The van der Waals surface area contributed by atoms with Gasteiger partial charge in [-0.1, -0.05) is 36.4 Å². The summed E-state index contributed by atoms with van der Waals surface area (Å²) in [5.74, 6) is 1.80. The number of hydrogen-bond donors (Lipinski definition) is 1. The minimum atomic E-state index is -0.223. The number of carbonyl (C=O) groups excluding carboxylic acids is 1. The Morgan fingerprint density at radius 3 is 2.63 bits per heavy atom. The van der Waals surface area contributed by atoms with Gasteiger partial charge in [-0.3, -0.25) is 14.6 Å². The number of aromatic nitrogens is 1.